The van der Waals surface area contributed by atoms with Gasteiger partial charge in [-0.25, -0.2) is 0 Å². The number of halogens is 1. The maximum absolute atomic E-state index is 11.8. The van der Waals surface area contributed by atoms with Crippen LogP contribution >= 0.6 is 11.6 Å². The van der Waals surface area contributed by atoms with E-state index < -0.39 is 0 Å². The van der Waals surface area contributed by atoms with Gasteiger partial charge in [-0.1, -0.05) is 11.6 Å². The van der Waals surface area contributed by atoms with E-state index in [-0.39, 0.29) is 17.6 Å². The first kappa shape index (κ1) is 13.2. The summed E-state index contributed by atoms with van der Waals surface area (Å²) in [5, 5.41) is 5.54. The fourth-order valence-corrected chi connectivity index (χ4v) is 1.72. The summed E-state index contributed by atoms with van der Waals surface area (Å²) in [5.74, 6) is -0.385. The second-order valence-corrected chi connectivity index (χ2v) is 4.21. The van der Waals surface area contributed by atoms with E-state index in [0.29, 0.717) is 16.4 Å². The highest BCUT2D eigenvalue weighted by molar-refractivity contribution is 6.34. The molecule has 0 unspecified atom stereocenters. The van der Waals surface area contributed by atoms with Gasteiger partial charge in [-0.2, -0.15) is 0 Å². The summed E-state index contributed by atoms with van der Waals surface area (Å²) in [7, 11) is 0. The summed E-state index contributed by atoms with van der Waals surface area (Å²) in [5.41, 5.74) is 1.01. The van der Waals surface area contributed by atoms with Gasteiger partial charge < -0.3 is 15.1 Å². The lowest BCUT2D eigenvalue weighted by Gasteiger charge is -2.08. The molecule has 2 rings (SSSR count). The van der Waals surface area contributed by atoms with E-state index >= 15 is 0 Å². The zero-order valence-corrected chi connectivity index (χ0v) is 10.8. The molecular formula is C13H11ClN2O3. The second kappa shape index (κ2) is 5.58. The van der Waals surface area contributed by atoms with Crippen LogP contribution in [0.25, 0.3) is 0 Å². The summed E-state index contributed by atoms with van der Waals surface area (Å²) >= 11 is 6.02. The number of amides is 2. The number of nitrogens with one attached hydrogen (secondary N) is 2. The minimum absolute atomic E-state index is 0.191. The number of anilines is 2. The van der Waals surface area contributed by atoms with Crippen LogP contribution in [0.3, 0.4) is 0 Å². The average molecular weight is 279 g/mol. The molecule has 1 heterocycles. The zero-order chi connectivity index (χ0) is 13.8. The van der Waals surface area contributed by atoms with Crippen molar-refractivity contribution in [3.8, 4) is 0 Å². The van der Waals surface area contributed by atoms with Crippen LogP contribution in [-0.2, 0) is 4.79 Å². The molecule has 0 radical (unpaired) electrons. The lowest BCUT2D eigenvalue weighted by molar-refractivity contribution is -0.114. The van der Waals surface area contributed by atoms with Crippen LogP contribution in [0.5, 0.6) is 0 Å². The minimum atomic E-state index is -0.390. The Labute approximate surface area is 114 Å². The third kappa shape index (κ3) is 3.35. The number of benzene rings is 1. The predicted molar refractivity (Wildman–Crippen MR) is 72.4 cm³/mol. The van der Waals surface area contributed by atoms with Crippen molar-refractivity contribution in [1.82, 2.24) is 0 Å². The standard InChI is InChI=1S/C13H11ClN2O3/c1-8(17)15-9-4-5-11(10(14)7-9)16-13(18)12-3-2-6-19-12/h2-7H,1H3,(H,15,17)(H,16,18). The van der Waals surface area contributed by atoms with Crippen LogP contribution in [0.2, 0.25) is 5.02 Å². The van der Waals surface area contributed by atoms with Crippen LogP contribution in [0.15, 0.2) is 41.0 Å². The Morgan fingerprint density at radius 3 is 2.58 bits per heavy atom. The van der Waals surface area contributed by atoms with Crippen molar-refractivity contribution < 1.29 is 14.0 Å². The SMILES string of the molecule is CC(=O)Nc1ccc(NC(=O)c2ccco2)c(Cl)c1. The van der Waals surface area contributed by atoms with E-state index in [1.807, 2.05) is 0 Å². The lowest BCUT2D eigenvalue weighted by Crippen LogP contribution is -2.11. The largest absolute Gasteiger partial charge is 0.459 e. The Morgan fingerprint density at radius 2 is 2.00 bits per heavy atom. The molecule has 5 nitrogen and oxygen atoms in total. The summed E-state index contributed by atoms with van der Waals surface area (Å²) in [6.45, 7) is 1.40. The summed E-state index contributed by atoms with van der Waals surface area (Å²) < 4.78 is 4.97. The van der Waals surface area contributed by atoms with Crippen LogP contribution in [0.1, 0.15) is 17.5 Å². The third-order valence-electron chi connectivity index (χ3n) is 2.28. The molecule has 98 valence electrons. The van der Waals surface area contributed by atoms with E-state index in [0.717, 1.165) is 0 Å². The Hall–Kier alpha value is -2.27. The molecular weight excluding hydrogens is 268 g/mol. The lowest BCUT2D eigenvalue weighted by atomic mass is 10.2. The number of hydrogen-bond acceptors (Lipinski definition) is 3. The van der Waals surface area contributed by atoms with Crippen molar-refractivity contribution in [2.75, 3.05) is 10.6 Å². The number of carbonyl (C=O) groups is 2. The zero-order valence-electron chi connectivity index (χ0n) is 10.1. The number of rotatable bonds is 3. The van der Waals surface area contributed by atoms with Gasteiger partial charge in [0.2, 0.25) is 5.91 Å². The molecule has 2 amide bonds. The molecule has 1 aromatic carbocycles. The molecule has 0 bridgehead atoms. The fraction of sp³-hybridized carbons (Fsp3) is 0.0769. The topological polar surface area (TPSA) is 71.3 Å². The quantitative estimate of drug-likeness (QED) is 0.906. The van der Waals surface area contributed by atoms with Gasteiger partial charge in [0, 0.05) is 12.6 Å². The van der Waals surface area contributed by atoms with Gasteiger partial charge in [-0.05, 0) is 30.3 Å². The van der Waals surface area contributed by atoms with Crippen LogP contribution in [0, 0.1) is 0 Å². The highest BCUT2D eigenvalue weighted by atomic mass is 35.5. The van der Waals surface area contributed by atoms with Gasteiger partial charge in [0.25, 0.3) is 5.91 Å². The van der Waals surface area contributed by atoms with Gasteiger partial charge in [-0.15, -0.1) is 0 Å². The minimum Gasteiger partial charge on any atom is -0.459 e. The smallest absolute Gasteiger partial charge is 0.291 e. The van der Waals surface area contributed by atoms with E-state index in [4.69, 9.17) is 16.0 Å². The van der Waals surface area contributed by atoms with E-state index in [1.54, 1.807) is 30.3 Å². The molecule has 0 aliphatic rings. The molecule has 0 aliphatic heterocycles. The van der Waals surface area contributed by atoms with Crippen LogP contribution in [0.4, 0.5) is 11.4 Å². The van der Waals surface area contributed by atoms with Gasteiger partial charge in [0.05, 0.1) is 17.0 Å². The molecule has 2 N–H and O–H groups in total. The molecule has 0 spiro atoms. The summed E-state index contributed by atoms with van der Waals surface area (Å²) in [6, 6.07) is 7.98. The molecule has 6 heteroatoms. The first-order valence-corrected chi connectivity index (χ1v) is 5.86. The Bertz CT molecular complexity index is 608. The molecule has 0 saturated heterocycles. The summed E-state index contributed by atoms with van der Waals surface area (Å²) in [6.07, 6.45) is 1.41. The van der Waals surface area contributed by atoms with E-state index in [2.05, 4.69) is 10.6 Å². The first-order valence-electron chi connectivity index (χ1n) is 5.48. The van der Waals surface area contributed by atoms with Crippen molar-refractivity contribution in [2.24, 2.45) is 0 Å². The fourth-order valence-electron chi connectivity index (χ4n) is 1.49. The van der Waals surface area contributed by atoms with Crippen molar-refractivity contribution in [3.05, 3.63) is 47.4 Å². The third-order valence-corrected chi connectivity index (χ3v) is 2.60. The molecule has 0 saturated carbocycles. The molecule has 0 aliphatic carbocycles. The van der Waals surface area contributed by atoms with Gasteiger partial charge in [0.15, 0.2) is 5.76 Å². The monoisotopic (exact) mass is 278 g/mol. The maximum atomic E-state index is 11.8. The molecule has 2 aromatic rings. The number of carbonyl (C=O) groups excluding carboxylic acids is 2. The Balaban J connectivity index is 2.13. The Morgan fingerprint density at radius 1 is 1.21 bits per heavy atom. The van der Waals surface area contributed by atoms with E-state index in [1.165, 1.54) is 13.2 Å². The highest BCUT2D eigenvalue weighted by Gasteiger charge is 2.11. The molecule has 0 fully saturated rings. The van der Waals surface area contributed by atoms with Gasteiger partial charge in [0.1, 0.15) is 0 Å². The van der Waals surface area contributed by atoms with Gasteiger partial charge >= 0.3 is 0 Å². The maximum Gasteiger partial charge on any atom is 0.291 e. The van der Waals surface area contributed by atoms with Crippen LogP contribution < -0.4 is 10.6 Å². The molecule has 0 atom stereocenters. The molecule has 1 aromatic heterocycles. The number of furan rings is 1. The van der Waals surface area contributed by atoms with Crippen molar-refractivity contribution in [3.63, 3.8) is 0 Å². The van der Waals surface area contributed by atoms with Gasteiger partial charge in [-0.3, -0.25) is 9.59 Å². The highest BCUT2D eigenvalue weighted by Crippen LogP contribution is 2.26. The summed E-state index contributed by atoms with van der Waals surface area (Å²) in [4.78, 5) is 22.7. The van der Waals surface area contributed by atoms with Crippen molar-refractivity contribution >= 4 is 34.8 Å². The number of hydrogen-bond donors (Lipinski definition) is 2. The van der Waals surface area contributed by atoms with Crippen LogP contribution in [-0.4, -0.2) is 11.8 Å². The van der Waals surface area contributed by atoms with Crippen molar-refractivity contribution in [1.29, 1.82) is 0 Å². The van der Waals surface area contributed by atoms with Crippen molar-refractivity contribution in [2.45, 2.75) is 6.92 Å². The normalized spacial score (nSPS) is 10.0. The first-order chi connectivity index (χ1) is 9.06. The second-order valence-electron chi connectivity index (χ2n) is 3.81. The van der Waals surface area contributed by atoms with E-state index in [9.17, 15) is 9.59 Å². The predicted octanol–water partition coefficient (Wildman–Crippen LogP) is 3.14. The average Bonchev–Trinajstić information content (AvgIpc) is 2.85. The molecule has 19 heavy (non-hydrogen) atoms. The Kier molecular flexibility index (Phi) is 3.87.